The molecule has 1 heterocycles. The van der Waals surface area contributed by atoms with E-state index < -0.39 is 0 Å². The third-order valence-electron chi connectivity index (χ3n) is 1.64. The average Bonchev–Trinajstić information content (AvgIpc) is 2.15. The van der Waals surface area contributed by atoms with Crippen LogP contribution in [0.4, 0.5) is 0 Å². The van der Waals surface area contributed by atoms with Gasteiger partial charge >= 0.3 is 5.97 Å². The third kappa shape index (κ3) is 3.59. The predicted molar refractivity (Wildman–Crippen MR) is 48.4 cm³/mol. The standard InChI is InChI=1S/C10H13O3/c1-3-9-5-4-6-10(13-9)7-12-8(2)11/h3-6,9-10H,1,7H2,2H3/t9-,10-/m0/s1. The molecule has 13 heavy (non-hydrogen) atoms. The molecular weight excluding hydrogens is 168 g/mol. The molecule has 1 fully saturated rings. The maximum Gasteiger partial charge on any atom is 0.302 e. The minimum atomic E-state index is -0.290. The lowest BCUT2D eigenvalue weighted by Crippen LogP contribution is -2.31. The number of rotatable bonds is 3. The van der Waals surface area contributed by atoms with Crippen LogP contribution in [0.15, 0.2) is 12.7 Å². The molecule has 0 spiro atoms. The van der Waals surface area contributed by atoms with Crippen molar-refractivity contribution in [3.05, 3.63) is 31.9 Å². The summed E-state index contributed by atoms with van der Waals surface area (Å²) in [5, 5.41) is 0. The summed E-state index contributed by atoms with van der Waals surface area (Å²) in [4.78, 5) is 10.5. The molecule has 0 aromatic rings. The molecule has 3 nitrogen and oxygen atoms in total. The van der Waals surface area contributed by atoms with Gasteiger partial charge in [-0.2, -0.15) is 0 Å². The Labute approximate surface area is 78.7 Å². The molecule has 0 aliphatic carbocycles. The van der Waals surface area contributed by atoms with Gasteiger partial charge in [0.2, 0.25) is 0 Å². The SMILES string of the molecule is C=C[C@H]1[CH][CH][CH][C@@H](COC(C)=O)O1. The number of carbonyl (C=O) groups is 1. The van der Waals surface area contributed by atoms with Crippen LogP contribution in [-0.2, 0) is 14.3 Å². The number of hydrogen-bond donors (Lipinski definition) is 0. The topological polar surface area (TPSA) is 35.5 Å². The number of esters is 1. The Morgan fingerprint density at radius 3 is 3.08 bits per heavy atom. The zero-order valence-corrected chi connectivity index (χ0v) is 7.60. The molecule has 1 aliphatic rings. The van der Waals surface area contributed by atoms with E-state index in [2.05, 4.69) is 6.58 Å². The molecule has 0 aromatic heterocycles. The molecule has 1 saturated heterocycles. The summed E-state index contributed by atoms with van der Waals surface area (Å²) >= 11 is 0. The van der Waals surface area contributed by atoms with E-state index in [0.717, 1.165) is 0 Å². The fourth-order valence-electron chi connectivity index (χ4n) is 1.02. The van der Waals surface area contributed by atoms with Gasteiger partial charge in [-0.3, -0.25) is 4.79 Å². The molecule has 0 aromatic carbocycles. The Morgan fingerprint density at radius 1 is 1.69 bits per heavy atom. The zero-order chi connectivity index (χ0) is 9.68. The minimum absolute atomic E-state index is 0.0782. The van der Waals surface area contributed by atoms with Gasteiger partial charge in [-0.15, -0.1) is 6.58 Å². The summed E-state index contributed by atoms with van der Waals surface area (Å²) in [6, 6.07) is 0. The van der Waals surface area contributed by atoms with E-state index >= 15 is 0 Å². The van der Waals surface area contributed by atoms with Gasteiger partial charge in [0.05, 0.1) is 12.2 Å². The molecule has 0 amide bonds. The second-order valence-corrected chi connectivity index (χ2v) is 2.75. The molecule has 71 valence electrons. The summed E-state index contributed by atoms with van der Waals surface area (Å²) in [5.74, 6) is -0.290. The highest BCUT2D eigenvalue weighted by molar-refractivity contribution is 5.65. The maximum atomic E-state index is 10.5. The van der Waals surface area contributed by atoms with E-state index in [1.165, 1.54) is 6.92 Å². The van der Waals surface area contributed by atoms with E-state index in [1.807, 2.05) is 19.3 Å². The van der Waals surface area contributed by atoms with Gasteiger partial charge in [-0.05, 0) is 19.3 Å². The molecular formula is C10H13O3. The van der Waals surface area contributed by atoms with E-state index in [0.29, 0.717) is 0 Å². The Balaban J connectivity index is 2.25. The lowest BCUT2D eigenvalue weighted by Gasteiger charge is -2.26. The second-order valence-electron chi connectivity index (χ2n) is 2.75. The molecule has 3 heteroatoms. The van der Waals surface area contributed by atoms with Crippen molar-refractivity contribution in [1.82, 2.24) is 0 Å². The fraction of sp³-hybridized carbons (Fsp3) is 0.400. The summed E-state index contributed by atoms with van der Waals surface area (Å²) in [5.41, 5.74) is 0. The van der Waals surface area contributed by atoms with Crippen LogP contribution in [0.1, 0.15) is 6.92 Å². The second kappa shape index (κ2) is 5.02. The first-order chi connectivity index (χ1) is 6.22. The minimum Gasteiger partial charge on any atom is -0.463 e. The summed E-state index contributed by atoms with van der Waals surface area (Å²) in [7, 11) is 0. The Hall–Kier alpha value is -0.830. The van der Waals surface area contributed by atoms with Crippen molar-refractivity contribution in [3.8, 4) is 0 Å². The number of carbonyl (C=O) groups excluding carboxylic acids is 1. The summed E-state index contributed by atoms with van der Waals surface area (Å²) in [6.07, 6.45) is 7.09. The van der Waals surface area contributed by atoms with E-state index in [4.69, 9.17) is 9.47 Å². The first-order valence-electron chi connectivity index (χ1n) is 4.15. The smallest absolute Gasteiger partial charge is 0.302 e. The van der Waals surface area contributed by atoms with Crippen molar-refractivity contribution in [3.63, 3.8) is 0 Å². The third-order valence-corrected chi connectivity index (χ3v) is 1.64. The lowest BCUT2D eigenvalue weighted by molar-refractivity contribution is -0.145. The van der Waals surface area contributed by atoms with Crippen molar-refractivity contribution in [2.75, 3.05) is 6.61 Å². The first-order valence-corrected chi connectivity index (χ1v) is 4.15. The monoisotopic (exact) mass is 181 g/mol. The highest BCUT2D eigenvalue weighted by atomic mass is 16.6. The van der Waals surface area contributed by atoms with Gasteiger partial charge in [0.1, 0.15) is 6.61 Å². The van der Waals surface area contributed by atoms with Crippen LogP contribution in [0.25, 0.3) is 0 Å². The van der Waals surface area contributed by atoms with E-state index in [1.54, 1.807) is 6.08 Å². The summed E-state index contributed by atoms with van der Waals surface area (Å²) in [6.45, 7) is 5.26. The normalized spacial score (nSPS) is 28.1. The quantitative estimate of drug-likeness (QED) is 0.483. The Bertz CT molecular complexity index is 189. The van der Waals surface area contributed by atoms with Crippen LogP contribution in [-0.4, -0.2) is 24.8 Å². The van der Waals surface area contributed by atoms with E-state index in [-0.39, 0.29) is 24.8 Å². The summed E-state index contributed by atoms with van der Waals surface area (Å²) < 4.78 is 10.3. The molecule has 0 bridgehead atoms. The van der Waals surface area contributed by atoms with Crippen molar-refractivity contribution < 1.29 is 14.3 Å². The van der Waals surface area contributed by atoms with E-state index in [9.17, 15) is 4.79 Å². The average molecular weight is 181 g/mol. The maximum absolute atomic E-state index is 10.5. The van der Waals surface area contributed by atoms with Crippen LogP contribution < -0.4 is 0 Å². The molecule has 0 unspecified atom stereocenters. The van der Waals surface area contributed by atoms with Gasteiger partial charge in [0.25, 0.3) is 0 Å². The van der Waals surface area contributed by atoms with Crippen molar-refractivity contribution in [2.24, 2.45) is 0 Å². The highest BCUT2D eigenvalue weighted by Gasteiger charge is 2.21. The Kier molecular flexibility index (Phi) is 3.96. The first kappa shape index (κ1) is 10.3. The fourth-order valence-corrected chi connectivity index (χ4v) is 1.02. The molecule has 1 rings (SSSR count). The van der Waals surface area contributed by atoms with Crippen LogP contribution in [0.2, 0.25) is 0 Å². The molecule has 0 N–H and O–H groups in total. The number of hydrogen-bond acceptors (Lipinski definition) is 3. The Morgan fingerprint density at radius 2 is 2.46 bits per heavy atom. The van der Waals surface area contributed by atoms with Crippen molar-refractivity contribution >= 4 is 5.97 Å². The molecule has 0 saturated carbocycles. The lowest BCUT2D eigenvalue weighted by atomic mass is 10.0. The van der Waals surface area contributed by atoms with Crippen LogP contribution in [0.3, 0.4) is 0 Å². The predicted octanol–water partition coefficient (Wildman–Crippen LogP) is 1.12. The molecule has 1 aliphatic heterocycles. The van der Waals surface area contributed by atoms with Crippen LogP contribution in [0.5, 0.6) is 0 Å². The molecule has 2 atom stereocenters. The van der Waals surface area contributed by atoms with Crippen LogP contribution >= 0.6 is 0 Å². The highest BCUT2D eigenvalue weighted by Crippen LogP contribution is 2.17. The van der Waals surface area contributed by atoms with Gasteiger partial charge in [-0.25, -0.2) is 0 Å². The van der Waals surface area contributed by atoms with Crippen LogP contribution in [0, 0.1) is 19.3 Å². The number of ether oxygens (including phenoxy) is 2. The zero-order valence-electron chi connectivity index (χ0n) is 7.60. The van der Waals surface area contributed by atoms with Crippen molar-refractivity contribution in [2.45, 2.75) is 19.1 Å². The van der Waals surface area contributed by atoms with Gasteiger partial charge in [0.15, 0.2) is 0 Å². The van der Waals surface area contributed by atoms with Gasteiger partial charge in [-0.1, -0.05) is 6.08 Å². The van der Waals surface area contributed by atoms with Crippen molar-refractivity contribution in [1.29, 1.82) is 0 Å². The van der Waals surface area contributed by atoms with Gasteiger partial charge < -0.3 is 9.47 Å². The molecule has 3 radical (unpaired) electrons. The van der Waals surface area contributed by atoms with Gasteiger partial charge in [0, 0.05) is 6.92 Å². The largest absolute Gasteiger partial charge is 0.463 e.